The molecule has 0 aromatic rings. The lowest BCUT2D eigenvalue weighted by Crippen LogP contribution is -2.70. The smallest absolute Gasteiger partial charge is 0.121 e. The molecule has 6 atom stereocenters. The Labute approximate surface area is 100 Å². The normalized spacial score (nSPS) is 47.1. The molecule has 6 N–H and O–H groups in total. The molecule has 1 saturated carbocycles. The average Bonchev–Trinajstić information content (AvgIpc) is 2.32. The van der Waals surface area contributed by atoms with E-state index in [4.69, 9.17) is 0 Å². The molecule has 0 spiro atoms. The van der Waals surface area contributed by atoms with Crippen molar-refractivity contribution in [3.8, 4) is 0 Å². The van der Waals surface area contributed by atoms with E-state index in [0.717, 1.165) is 12.8 Å². The second-order valence-electron chi connectivity index (χ2n) is 4.81. The van der Waals surface area contributed by atoms with Gasteiger partial charge in [-0.2, -0.15) is 0 Å². The Morgan fingerprint density at radius 1 is 0.824 bits per heavy atom. The quantitative estimate of drug-likeness (QED) is 0.325. The van der Waals surface area contributed by atoms with Gasteiger partial charge in [-0.1, -0.05) is 26.2 Å². The van der Waals surface area contributed by atoms with Crippen LogP contribution in [-0.2, 0) is 0 Å². The molecule has 0 amide bonds. The van der Waals surface area contributed by atoms with Gasteiger partial charge in [0.25, 0.3) is 0 Å². The Balaban J connectivity index is 2.80. The maximum Gasteiger partial charge on any atom is 0.121 e. The highest BCUT2D eigenvalue weighted by molar-refractivity contribution is 5.08. The second kappa shape index (κ2) is 5.60. The van der Waals surface area contributed by atoms with Crippen LogP contribution in [0.15, 0.2) is 0 Å². The van der Waals surface area contributed by atoms with Gasteiger partial charge in [0.15, 0.2) is 0 Å². The van der Waals surface area contributed by atoms with Crippen molar-refractivity contribution in [2.24, 2.45) is 0 Å². The maximum atomic E-state index is 10.2. The predicted octanol–water partition coefficient (Wildman–Crippen LogP) is -1.88. The fourth-order valence-corrected chi connectivity index (χ4v) is 2.30. The van der Waals surface area contributed by atoms with Gasteiger partial charge >= 0.3 is 0 Å². The molecule has 0 radical (unpaired) electrons. The number of rotatable bonds is 4. The number of hydrogen-bond donors (Lipinski definition) is 6. The first-order valence-electron chi connectivity index (χ1n) is 5.99. The highest BCUT2D eigenvalue weighted by Crippen LogP contribution is 2.34. The van der Waals surface area contributed by atoms with E-state index >= 15 is 0 Å². The standard InChI is InChI=1S/C11H22O6/c1-2-3-4-5-11(17)9(15)7(13)6(12)8(14)10(11)16/h6-10,12-17H,2-5H2,1H3/t6?,7-,8+,9-,10-,11?/m1/s1. The molecule has 0 heterocycles. The van der Waals surface area contributed by atoms with Crippen LogP contribution < -0.4 is 0 Å². The Morgan fingerprint density at radius 3 is 1.71 bits per heavy atom. The van der Waals surface area contributed by atoms with Crippen LogP contribution in [0.5, 0.6) is 0 Å². The van der Waals surface area contributed by atoms with Gasteiger partial charge in [-0.15, -0.1) is 0 Å². The Morgan fingerprint density at radius 2 is 1.29 bits per heavy atom. The second-order valence-corrected chi connectivity index (χ2v) is 4.81. The molecule has 0 saturated heterocycles. The molecule has 0 aromatic carbocycles. The summed E-state index contributed by atoms with van der Waals surface area (Å²) in [5, 5.41) is 58.0. The third-order valence-electron chi connectivity index (χ3n) is 3.55. The van der Waals surface area contributed by atoms with Crippen LogP contribution in [0.4, 0.5) is 0 Å². The van der Waals surface area contributed by atoms with Crippen molar-refractivity contribution < 1.29 is 30.6 Å². The summed E-state index contributed by atoms with van der Waals surface area (Å²) >= 11 is 0. The zero-order valence-corrected chi connectivity index (χ0v) is 9.90. The molecule has 1 rings (SSSR count). The zero-order chi connectivity index (χ0) is 13.2. The molecule has 2 unspecified atom stereocenters. The molecule has 0 aromatic heterocycles. The molecule has 6 heteroatoms. The van der Waals surface area contributed by atoms with Crippen molar-refractivity contribution in [2.45, 2.75) is 68.7 Å². The van der Waals surface area contributed by atoms with Crippen molar-refractivity contribution in [1.29, 1.82) is 0 Å². The minimum absolute atomic E-state index is 0.0595. The minimum Gasteiger partial charge on any atom is -0.387 e. The summed E-state index contributed by atoms with van der Waals surface area (Å²) in [6.45, 7) is 1.96. The molecule has 17 heavy (non-hydrogen) atoms. The summed E-state index contributed by atoms with van der Waals surface area (Å²) in [5.41, 5.74) is -1.98. The highest BCUT2D eigenvalue weighted by atomic mass is 16.4. The van der Waals surface area contributed by atoms with Gasteiger partial charge in [0, 0.05) is 0 Å². The average molecular weight is 250 g/mol. The van der Waals surface area contributed by atoms with E-state index in [1.807, 2.05) is 6.92 Å². The molecule has 6 nitrogen and oxygen atoms in total. The minimum atomic E-state index is -1.98. The summed E-state index contributed by atoms with van der Waals surface area (Å²) in [5.74, 6) is 0. The molecular weight excluding hydrogens is 228 g/mol. The highest BCUT2D eigenvalue weighted by Gasteiger charge is 2.56. The molecule has 1 aliphatic rings. The number of aliphatic hydroxyl groups is 6. The Kier molecular flexibility index (Phi) is 4.88. The lowest BCUT2D eigenvalue weighted by molar-refractivity contribution is -0.270. The van der Waals surface area contributed by atoms with Gasteiger partial charge in [-0.25, -0.2) is 0 Å². The number of unbranched alkanes of at least 4 members (excludes halogenated alkanes) is 2. The molecule has 0 aliphatic heterocycles. The third kappa shape index (κ3) is 2.62. The van der Waals surface area contributed by atoms with Gasteiger partial charge in [0.2, 0.25) is 0 Å². The third-order valence-corrected chi connectivity index (χ3v) is 3.55. The van der Waals surface area contributed by atoms with E-state index in [9.17, 15) is 30.6 Å². The number of hydrogen-bond acceptors (Lipinski definition) is 6. The summed E-state index contributed by atoms with van der Waals surface area (Å²) in [6.07, 6.45) is -6.03. The van der Waals surface area contributed by atoms with Gasteiger partial charge in [-0.3, -0.25) is 0 Å². The van der Waals surface area contributed by atoms with Crippen LogP contribution in [0.3, 0.4) is 0 Å². The van der Waals surface area contributed by atoms with Crippen molar-refractivity contribution in [3.63, 3.8) is 0 Å². The van der Waals surface area contributed by atoms with Gasteiger partial charge in [0.1, 0.15) is 36.1 Å². The van der Waals surface area contributed by atoms with Gasteiger partial charge in [-0.05, 0) is 6.42 Å². The Bertz CT molecular complexity index is 230. The summed E-state index contributed by atoms with van der Waals surface area (Å²) < 4.78 is 0. The van der Waals surface area contributed by atoms with Gasteiger partial charge < -0.3 is 30.6 Å². The first kappa shape index (κ1) is 14.8. The Hall–Kier alpha value is -0.240. The summed E-state index contributed by atoms with van der Waals surface area (Å²) in [4.78, 5) is 0. The van der Waals surface area contributed by atoms with E-state index in [0.29, 0.717) is 6.42 Å². The lowest BCUT2D eigenvalue weighted by atomic mass is 9.72. The van der Waals surface area contributed by atoms with Crippen LogP contribution in [0.2, 0.25) is 0 Å². The monoisotopic (exact) mass is 250 g/mol. The lowest BCUT2D eigenvalue weighted by Gasteiger charge is -2.47. The maximum absolute atomic E-state index is 10.2. The first-order valence-corrected chi connectivity index (χ1v) is 5.99. The van der Waals surface area contributed by atoms with Crippen LogP contribution in [0.1, 0.15) is 32.6 Å². The van der Waals surface area contributed by atoms with Crippen LogP contribution in [0.25, 0.3) is 0 Å². The molecule has 0 bridgehead atoms. The SMILES string of the molecule is CCCCCC1(O)[C@H](O)[C@H](O)C(O)[C@H](O)[C@H]1O. The molecular formula is C11H22O6. The molecule has 1 fully saturated rings. The van der Waals surface area contributed by atoms with E-state index in [-0.39, 0.29) is 6.42 Å². The van der Waals surface area contributed by atoms with Crippen LogP contribution in [-0.4, -0.2) is 66.8 Å². The molecule has 102 valence electrons. The van der Waals surface area contributed by atoms with Crippen molar-refractivity contribution in [2.75, 3.05) is 0 Å². The van der Waals surface area contributed by atoms with E-state index in [1.165, 1.54) is 0 Å². The van der Waals surface area contributed by atoms with Crippen molar-refractivity contribution >= 4 is 0 Å². The van der Waals surface area contributed by atoms with E-state index in [2.05, 4.69) is 0 Å². The van der Waals surface area contributed by atoms with Crippen LogP contribution in [0, 0.1) is 0 Å². The predicted molar refractivity (Wildman–Crippen MR) is 59.1 cm³/mol. The zero-order valence-electron chi connectivity index (χ0n) is 9.90. The van der Waals surface area contributed by atoms with Crippen LogP contribution >= 0.6 is 0 Å². The van der Waals surface area contributed by atoms with E-state index < -0.39 is 36.1 Å². The topological polar surface area (TPSA) is 121 Å². The van der Waals surface area contributed by atoms with E-state index in [1.54, 1.807) is 0 Å². The largest absolute Gasteiger partial charge is 0.387 e. The first-order chi connectivity index (χ1) is 7.86. The number of aliphatic hydroxyl groups excluding tert-OH is 5. The van der Waals surface area contributed by atoms with Gasteiger partial charge in [0.05, 0.1) is 0 Å². The summed E-state index contributed by atoms with van der Waals surface area (Å²) in [6, 6.07) is 0. The van der Waals surface area contributed by atoms with Crippen molar-refractivity contribution in [3.05, 3.63) is 0 Å². The fourth-order valence-electron chi connectivity index (χ4n) is 2.30. The molecule has 1 aliphatic carbocycles. The summed E-state index contributed by atoms with van der Waals surface area (Å²) in [7, 11) is 0. The van der Waals surface area contributed by atoms with Crippen molar-refractivity contribution in [1.82, 2.24) is 0 Å². The fraction of sp³-hybridized carbons (Fsp3) is 1.00.